The van der Waals surface area contributed by atoms with Crippen molar-refractivity contribution >= 4 is 0 Å². The minimum absolute atomic E-state index is 0.0394. The first-order chi connectivity index (χ1) is 15.3. The van der Waals surface area contributed by atoms with Gasteiger partial charge in [0.25, 0.3) is 0 Å². The number of hydrogen-bond acceptors (Lipinski definition) is 4. The predicted octanol–water partition coefficient (Wildman–Crippen LogP) is 6.00. The normalized spacial score (nSPS) is 15.5. The molecule has 1 N–H and O–H groups in total. The van der Waals surface area contributed by atoms with Crippen LogP contribution in [0.1, 0.15) is 18.4 Å². The number of alkyl halides is 3. The van der Waals surface area contributed by atoms with Crippen LogP contribution in [0, 0.1) is 0 Å². The fraction of sp³-hybridized carbons (Fsp3) is 0.280. The molecule has 1 heterocycles. The Labute approximate surface area is 184 Å². The molecule has 7 heteroatoms. The molecule has 1 fully saturated rings. The van der Waals surface area contributed by atoms with Crippen molar-refractivity contribution in [1.29, 1.82) is 0 Å². The summed E-state index contributed by atoms with van der Waals surface area (Å²) < 4.78 is 46.6. The Morgan fingerprint density at radius 2 is 1.31 bits per heavy atom. The maximum atomic E-state index is 12.3. The van der Waals surface area contributed by atoms with Crippen LogP contribution in [0.3, 0.4) is 0 Å². The number of aromatic hydroxyl groups is 1. The number of ether oxygens (including phenoxy) is 2. The van der Waals surface area contributed by atoms with E-state index in [0.717, 1.165) is 43.6 Å². The lowest BCUT2D eigenvalue weighted by Gasteiger charge is -2.32. The lowest BCUT2D eigenvalue weighted by molar-refractivity contribution is -0.274. The van der Waals surface area contributed by atoms with Crippen LogP contribution in [0.4, 0.5) is 13.2 Å². The second-order valence-corrected chi connectivity index (χ2v) is 7.86. The Bertz CT molecular complexity index is 995. The van der Waals surface area contributed by atoms with Gasteiger partial charge in [0.15, 0.2) is 0 Å². The number of nitrogens with zero attached hydrogens (tertiary/aromatic N) is 1. The number of hydrogen-bond donors (Lipinski definition) is 1. The molecule has 32 heavy (non-hydrogen) atoms. The van der Waals surface area contributed by atoms with Crippen LogP contribution in [-0.2, 0) is 6.54 Å². The minimum Gasteiger partial charge on any atom is -0.508 e. The molecule has 1 saturated heterocycles. The van der Waals surface area contributed by atoms with Crippen molar-refractivity contribution < 1.29 is 27.8 Å². The Balaban J connectivity index is 1.24. The Morgan fingerprint density at radius 1 is 0.781 bits per heavy atom. The molecular formula is C25H24F3NO3. The van der Waals surface area contributed by atoms with Crippen LogP contribution in [0.5, 0.6) is 17.2 Å². The van der Waals surface area contributed by atoms with Crippen LogP contribution in [-0.4, -0.2) is 35.6 Å². The van der Waals surface area contributed by atoms with Gasteiger partial charge >= 0.3 is 6.36 Å². The van der Waals surface area contributed by atoms with Crippen LogP contribution < -0.4 is 9.47 Å². The minimum atomic E-state index is -4.69. The standard InChI is InChI=1S/C25H24F3NO3/c26-25(27,28)32-24-11-9-22(10-12-24)31-23-13-15-29(16-14-23)17-18-1-3-19(4-2-18)20-5-7-21(30)8-6-20/h1-12,23,30H,13-17H2. The summed E-state index contributed by atoms with van der Waals surface area (Å²) in [5.41, 5.74) is 3.39. The number of phenols is 1. The highest BCUT2D eigenvalue weighted by Crippen LogP contribution is 2.27. The van der Waals surface area contributed by atoms with Crippen molar-refractivity contribution in [2.45, 2.75) is 31.9 Å². The molecule has 0 aromatic heterocycles. The molecule has 3 aromatic rings. The quantitative estimate of drug-likeness (QED) is 0.507. The second-order valence-electron chi connectivity index (χ2n) is 7.86. The summed E-state index contributed by atoms with van der Waals surface area (Å²) in [6, 6.07) is 21.1. The maximum absolute atomic E-state index is 12.3. The van der Waals surface area contributed by atoms with Crippen molar-refractivity contribution in [1.82, 2.24) is 4.90 Å². The van der Waals surface area contributed by atoms with Crippen LogP contribution in [0.25, 0.3) is 11.1 Å². The fourth-order valence-corrected chi connectivity index (χ4v) is 3.81. The maximum Gasteiger partial charge on any atom is 0.573 e. The topological polar surface area (TPSA) is 41.9 Å². The van der Waals surface area contributed by atoms with Gasteiger partial charge in [0.05, 0.1) is 0 Å². The molecule has 0 bridgehead atoms. The second kappa shape index (κ2) is 9.53. The summed E-state index contributed by atoms with van der Waals surface area (Å²) in [5.74, 6) is 0.545. The first-order valence-corrected chi connectivity index (χ1v) is 10.5. The van der Waals surface area contributed by atoms with E-state index in [1.807, 2.05) is 12.1 Å². The molecule has 0 unspecified atom stereocenters. The highest BCUT2D eigenvalue weighted by Gasteiger charge is 2.31. The lowest BCUT2D eigenvalue weighted by Crippen LogP contribution is -2.37. The van der Waals surface area contributed by atoms with Gasteiger partial charge in [0.2, 0.25) is 0 Å². The molecule has 0 spiro atoms. The fourth-order valence-electron chi connectivity index (χ4n) is 3.81. The van der Waals surface area contributed by atoms with Crippen LogP contribution >= 0.6 is 0 Å². The SMILES string of the molecule is Oc1ccc(-c2ccc(CN3CCC(Oc4ccc(OC(F)(F)F)cc4)CC3)cc2)cc1. The van der Waals surface area contributed by atoms with E-state index in [-0.39, 0.29) is 17.6 Å². The van der Waals surface area contributed by atoms with E-state index >= 15 is 0 Å². The molecule has 0 radical (unpaired) electrons. The van der Waals surface area contributed by atoms with Crippen molar-refractivity contribution in [3.05, 3.63) is 78.4 Å². The van der Waals surface area contributed by atoms with E-state index in [4.69, 9.17) is 4.74 Å². The van der Waals surface area contributed by atoms with Gasteiger partial charge in [0, 0.05) is 19.6 Å². The molecule has 0 saturated carbocycles. The van der Waals surface area contributed by atoms with E-state index in [1.54, 1.807) is 12.1 Å². The van der Waals surface area contributed by atoms with E-state index < -0.39 is 6.36 Å². The molecule has 3 aromatic carbocycles. The van der Waals surface area contributed by atoms with Gasteiger partial charge in [-0.25, -0.2) is 0 Å². The predicted molar refractivity (Wildman–Crippen MR) is 116 cm³/mol. The van der Waals surface area contributed by atoms with Gasteiger partial charge < -0.3 is 14.6 Å². The van der Waals surface area contributed by atoms with Gasteiger partial charge in [-0.05, 0) is 65.9 Å². The van der Waals surface area contributed by atoms with Gasteiger partial charge in [0.1, 0.15) is 23.4 Å². The van der Waals surface area contributed by atoms with E-state index in [2.05, 4.69) is 33.9 Å². The van der Waals surface area contributed by atoms with Crippen LogP contribution in [0.2, 0.25) is 0 Å². The number of halogens is 3. The largest absolute Gasteiger partial charge is 0.573 e. The summed E-state index contributed by atoms with van der Waals surface area (Å²) in [7, 11) is 0. The molecule has 0 aliphatic carbocycles. The Kier molecular flexibility index (Phi) is 6.55. The molecule has 1 aliphatic rings. The van der Waals surface area contributed by atoms with Crippen LogP contribution in [0.15, 0.2) is 72.8 Å². The molecule has 168 valence electrons. The summed E-state index contributed by atoms with van der Waals surface area (Å²) in [6.07, 6.45) is -2.95. The highest BCUT2D eigenvalue weighted by atomic mass is 19.4. The number of phenolic OH excluding ortho intramolecular Hbond substituents is 1. The van der Waals surface area contributed by atoms with Gasteiger partial charge in [-0.2, -0.15) is 0 Å². The zero-order chi connectivity index (χ0) is 22.6. The van der Waals surface area contributed by atoms with Crippen molar-refractivity contribution in [2.24, 2.45) is 0 Å². The number of rotatable bonds is 6. The zero-order valence-electron chi connectivity index (χ0n) is 17.4. The molecule has 4 nitrogen and oxygen atoms in total. The molecular weight excluding hydrogens is 419 g/mol. The number of piperidine rings is 1. The highest BCUT2D eigenvalue weighted by molar-refractivity contribution is 5.64. The first-order valence-electron chi connectivity index (χ1n) is 10.5. The summed E-state index contributed by atoms with van der Waals surface area (Å²) in [6.45, 7) is 2.63. The average molecular weight is 443 g/mol. The van der Waals surface area contributed by atoms with E-state index in [9.17, 15) is 18.3 Å². The Hall–Kier alpha value is -3.19. The van der Waals surface area contributed by atoms with E-state index in [0.29, 0.717) is 5.75 Å². The van der Waals surface area contributed by atoms with Crippen molar-refractivity contribution in [3.63, 3.8) is 0 Å². The smallest absolute Gasteiger partial charge is 0.508 e. The number of likely N-dealkylation sites (tertiary alicyclic amines) is 1. The number of benzene rings is 3. The van der Waals surface area contributed by atoms with Crippen molar-refractivity contribution in [2.75, 3.05) is 13.1 Å². The molecule has 1 aliphatic heterocycles. The third kappa shape index (κ3) is 6.17. The van der Waals surface area contributed by atoms with Gasteiger partial charge in [-0.15, -0.1) is 13.2 Å². The van der Waals surface area contributed by atoms with Gasteiger partial charge in [-0.1, -0.05) is 36.4 Å². The molecule has 0 amide bonds. The summed E-state index contributed by atoms with van der Waals surface area (Å²) in [5, 5.41) is 9.42. The van der Waals surface area contributed by atoms with Crippen molar-refractivity contribution in [3.8, 4) is 28.4 Å². The first kappa shape index (κ1) is 22.0. The average Bonchev–Trinajstić information content (AvgIpc) is 2.77. The summed E-state index contributed by atoms with van der Waals surface area (Å²) in [4.78, 5) is 2.37. The summed E-state index contributed by atoms with van der Waals surface area (Å²) >= 11 is 0. The molecule has 4 rings (SSSR count). The van der Waals surface area contributed by atoms with E-state index in [1.165, 1.54) is 29.8 Å². The molecule has 0 atom stereocenters. The third-order valence-corrected chi connectivity index (χ3v) is 5.46. The zero-order valence-corrected chi connectivity index (χ0v) is 17.4. The Morgan fingerprint density at radius 3 is 1.88 bits per heavy atom. The lowest BCUT2D eigenvalue weighted by atomic mass is 10.0. The van der Waals surface area contributed by atoms with Gasteiger partial charge in [-0.3, -0.25) is 4.90 Å². The third-order valence-electron chi connectivity index (χ3n) is 5.46. The monoisotopic (exact) mass is 443 g/mol.